The maximum Gasteiger partial charge on any atom is 0.270 e. The lowest BCUT2D eigenvalue weighted by molar-refractivity contribution is -0.119. The smallest absolute Gasteiger partial charge is 0.270 e. The zero-order valence-corrected chi connectivity index (χ0v) is 16.3. The minimum atomic E-state index is -0.339. The first kappa shape index (κ1) is 19.1. The van der Waals surface area contributed by atoms with E-state index in [9.17, 15) is 9.59 Å². The monoisotopic (exact) mass is 366 g/mol. The molecule has 1 amide bonds. The fourth-order valence-corrected chi connectivity index (χ4v) is 3.58. The van der Waals surface area contributed by atoms with Crippen LogP contribution in [-0.2, 0) is 17.6 Å². The molecule has 1 aliphatic rings. The lowest BCUT2D eigenvalue weighted by atomic mass is 9.92. The van der Waals surface area contributed by atoms with E-state index in [1.165, 1.54) is 5.56 Å². The van der Waals surface area contributed by atoms with Crippen molar-refractivity contribution in [3.8, 4) is 5.75 Å². The van der Waals surface area contributed by atoms with E-state index in [0.717, 1.165) is 29.7 Å². The second kappa shape index (κ2) is 7.51. The summed E-state index contributed by atoms with van der Waals surface area (Å²) in [7, 11) is 1.64. The van der Waals surface area contributed by atoms with E-state index >= 15 is 0 Å². The molecule has 1 atom stereocenters. The molecular formula is C22H26N2O3. The number of hydrogen-bond donors (Lipinski definition) is 1. The van der Waals surface area contributed by atoms with Gasteiger partial charge in [-0.05, 0) is 62.9 Å². The Morgan fingerprint density at radius 2 is 2.04 bits per heavy atom. The summed E-state index contributed by atoms with van der Waals surface area (Å²) in [5, 5.41) is 2.90. The number of amides is 1. The number of Topliss-reactive ketones (excluding diaryl/α,β-unsaturated/α-hetero) is 1. The Labute approximate surface area is 160 Å². The van der Waals surface area contributed by atoms with E-state index in [1.807, 2.05) is 32.9 Å². The molecule has 0 radical (unpaired) electrons. The van der Waals surface area contributed by atoms with Crippen LogP contribution in [-0.4, -0.2) is 29.3 Å². The molecule has 142 valence electrons. The number of ketones is 1. The quantitative estimate of drug-likeness (QED) is 0.880. The number of methoxy groups -OCH3 is 1. The first-order valence-electron chi connectivity index (χ1n) is 9.24. The Balaban J connectivity index is 1.77. The summed E-state index contributed by atoms with van der Waals surface area (Å²) in [6.45, 7) is 5.76. The molecule has 5 heteroatoms. The number of aromatic nitrogens is 1. The van der Waals surface area contributed by atoms with Gasteiger partial charge in [-0.1, -0.05) is 12.1 Å². The second-order valence-corrected chi connectivity index (χ2v) is 8.02. The summed E-state index contributed by atoms with van der Waals surface area (Å²) < 4.78 is 5.47. The Bertz CT molecular complexity index is 868. The molecule has 0 bridgehead atoms. The van der Waals surface area contributed by atoms with E-state index < -0.39 is 0 Å². The molecule has 0 saturated carbocycles. The molecule has 5 nitrogen and oxygen atoms in total. The maximum absolute atomic E-state index is 13.0. The number of fused-ring (bicyclic) bond motifs is 1. The molecule has 1 N–H and O–H groups in total. The molecule has 0 spiro atoms. The van der Waals surface area contributed by atoms with Crippen molar-refractivity contribution in [3.63, 3.8) is 0 Å². The van der Waals surface area contributed by atoms with Crippen LogP contribution in [0, 0.1) is 0 Å². The number of ether oxygens (including phenoxy) is 1. The van der Waals surface area contributed by atoms with Crippen LogP contribution in [0.5, 0.6) is 5.75 Å². The Morgan fingerprint density at radius 3 is 2.74 bits per heavy atom. The van der Waals surface area contributed by atoms with Gasteiger partial charge in [0.1, 0.15) is 17.2 Å². The number of carbonyl (C=O) groups is 2. The first-order chi connectivity index (χ1) is 12.8. The van der Waals surface area contributed by atoms with E-state index in [1.54, 1.807) is 25.4 Å². The van der Waals surface area contributed by atoms with Gasteiger partial charge in [-0.2, -0.15) is 0 Å². The number of carbonyl (C=O) groups excluding carboxylic acids is 2. The lowest BCUT2D eigenvalue weighted by Crippen LogP contribution is -2.40. The van der Waals surface area contributed by atoms with Crippen molar-refractivity contribution in [2.24, 2.45) is 0 Å². The number of nitrogens with zero attached hydrogens (tertiary/aromatic N) is 1. The highest BCUT2D eigenvalue weighted by Gasteiger charge is 2.31. The third-order valence-electron chi connectivity index (χ3n) is 4.74. The first-order valence-corrected chi connectivity index (χ1v) is 9.24. The Hall–Kier alpha value is -2.69. The number of benzene rings is 1. The average Bonchev–Trinajstić information content (AvgIpc) is 3.05. The molecule has 1 aromatic heterocycles. The van der Waals surface area contributed by atoms with Crippen molar-refractivity contribution in [1.82, 2.24) is 10.3 Å². The summed E-state index contributed by atoms with van der Waals surface area (Å²) in [4.78, 5) is 29.5. The van der Waals surface area contributed by atoms with E-state index in [0.29, 0.717) is 5.69 Å². The third-order valence-corrected chi connectivity index (χ3v) is 4.74. The van der Waals surface area contributed by atoms with Crippen molar-refractivity contribution in [1.29, 1.82) is 0 Å². The highest BCUT2D eigenvalue weighted by Crippen LogP contribution is 2.40. The summed E-state index contributed by atoms with van der Waals surface area (Å²) in [6, 6.07) is 9.44. The number of pyridine rings is 1. The molecular weight excluding hydrogens is 340 g/mol. The molecule has 2 aromatic rings. The highest BCUT2D eigenvalue weighted by molar-refractivity contribution is 5.94. The van der Waals surface area contributed by atoms with Crippen LogP contribution < -0.4 is 10.1 Å². The average molecular weight is 366 g/mol. The SMILES string of the molecule is COc1cccc2c1C(C(=O)Cc1ccnc(C(=O)NC(C)(C)C)c1)CC2. The van der Waals surface area contributed by atoms with Gasteiger partial charge >= 0.3 is 0 Å². The molecule has 27 heavy (non-hydrogen) atoms. The minimum absolute atomic E-state index is 0.145. The Kier molecular flexibility index (Phi) is 5.31. The maximum atomic E-state index is 13.0. The van der Waals surface area contributed by atoms with Crippen LogP contribution in [0.25, 0.3) is 0 Å². The van der Waals surface area contributed by atoms with Crippen molar-refractivity contribution in [3.05, 3.63) is 58.9 Å². The third kappa shape index (κ3) is 4.35. The van der Waals surface area contributed by atoms with Gasteiger partial charge in [0.25, 0.3) is 5.91 Å². The van der Waals surface area contributed by atoms with Gasteiger partial charge in [0.15, 0.2) is 0 Å². The van der Waals surface area contributed by atoms with Gasteiger partial charge in [0, 0.05) is 29.6 Å². The van der Waals surface area contributed by atoms with Crippen LogP contribution in [0.3, 0.4) is 0 Å². The topological polar surface area (TPSA) is 68.3 Å². The normalized spacial score (nSPS) is 15.9. The lowest BCUT2D eigenvalue weighted by Gasteiger charge is -2.20. The zero-order chi connectivity index (χ0) is 19.6. The fraction of sp³-hybridized carbons (Fsp3) is 0.409. The van der Waals surface area contributed by atoms with E-state index in [4.69, 9.17) is 4.74 Å². The van der Waals surface area contributed by atoms with Crippen LogP contribution >= 0.6 is 0 Å². The van der Waals surface area contributed by atoms with Gasteiger partial charge in [-0.15, -0.1) is 0 Å². The number of hydrogen-bond acceptors (Lipinski definition) is 4. The number of nitrogens with one attached hydrogen (secondary N) is 1. The molecule has 1 aliphatic carbocycles. The predicted octanol–water partition coefficient (Wildman–Crippen LogP) is 3.46. The molecule has 0 fully saturated rings. The highest BCUT2D eigenvalue weighted by atomic mass is 16.5. The Morgan fingerprint density at radius 1 is 1.26 bits per heavy atom. The number of rotatable bonds is 5. The zero-order valence-electron chi connectivity index (χ0n) is 16.3. The standard InChI is InChI=1S/C22H26N2O3/c1-22(2,3)24-21(26)17-12-14(10-11-23-17)13-18(25)16-9-8-15-6-5-7-19(27-4)20(15)16/h5-7,10-12,16H,8-9,13H2,1-4H3,(H,24,26). The van der Waals surface area contributed by atoms with Crippen molar-refractivity contribution in [2.45, 2.75) is 51.5 Å². The predicted molar refractivity (Wildman–Crippen MR) is 104 cm³/mol. The van der Waals surface area contributed by atoms with E-state index in [2.05, 4.69) is 16.4 Å². The molecule has 1 heterocycles. The summed E-state index contributed by atoms with van der Waals surface area (Å²) >= 11 is 0. The second-order valence-electron chi connectivity index (χ2n) is 8.02. The van der Waals surface area contributed by atoms with Crippen molar-refractivity contribution in [2.75, 3.05) is 7.11 Å². The fourth-order valence-electron chi connectivity index (χ4n) is 3.58. The van der Waals surface area contributed by atoms with Gasteiger partial charge < -0.3 is 10.1 Å². The van der Waals surface area contributed by atoms with Crippen LogP contribution in [0.15, 0.2) is 36.5 Å². The minimum Gasteiger partial charge on any atom is -0.496 e. The molecule has 0 saturated heterocycles. The number of aryl methyl sites for hydroxylation is 1. The molecule has 0 aliphatic heterocycles. The van der Waals surface area contributed by atoms with Crippen LogP contribution in [0.1, 0.15) is 60.3 Å². The summed E-state index contributed by atoms with van der Waals surface area (Å²) in [5.41, 5.74) is 3.00. The van der Waals surface area contributed by atoms with E-state index in [-0.39, 0.29) is 29.6 Å². The largest absolute Gasteiger partial charge is 0.496 e. The van der Waals surface area contributed by atoms with Gasteiger partial charge in [0.2, 0.25) is 0 Å². The van der Waals surface area contributed by atoms with Gasteiger partial charge in [-0.25, -0.2) is 0 Å². The van der Waals surface area contributed by atoms with Gasteiger partial charge in [0.05, 0.1) is 7.11 Å². The summed E-state index contributed by atoms with van der Waals surface area (Å²) in [6.07, 6.45) is 3.55. The van der Waals surface area contributed by atoms with Crippen molar-refractivity contribution < 1.29 is 14.3 Å². The molecule has 3 rings (SSSR count). The van der Waals surface area contributed by atoms with Crippen LogP contribution in [0.4, 0.5) is 0 Å². The summed E-state index contributed by atoms with van der Waals surface area (Å²) in [5.74, 6) is 0.538. The molecule has 1 unspecified atom stereocenters. The van der Waals surface area contributed by atoms with Crippen LogP contribution in [0.2, 0.25) is 0 Å². The van der Waals surface area contributed by atoms with Gasteiger partial charge in [-0.3, -0.25) is 14.6 Å². The van der Waals surface area contributed by atoms with Crippen molar-refractivity contribution >= 4 is 11.7 Å². The molecule has 1 aromatic carbocycles.